The fourth-order valence-corrected chi connectivity index (χ4v) is 5.34. The Hall–Kier alpha value is -4.28. The number of hydrogen-bond acceptors (Lipinski definition) is 8. The highest BCUT2D eigenvalue weighted by Crippen LogP contribution is 2.33. The van der Waals surface area contributed by atoms with Crippen molar-refractivity contribution in [3.8, 4) is 22.3 Å². The summed E-state index contributed by atoms with van der Waals surface area (Å²) in [5, 5.41) is 14.9. The Bertz CT molecular complexity index is 1730. The van der Waals surface area contributed by atoms with Crippen LogP contribution < -0.4 is 15.5 Å². The van der Waals surface area contributed by atoms with Crippen LogP contribution in [0.2, 0.25) is 0 Å². The molecule has 1 fully saturated rings. The Morgan fingerprint density at radius 1 is 1.05 bits per heavy atom. The maximum Gasteiger partial charge on any atom is 0.315 e. The predicted molar refractivity (Wildman–Crippen MR) is 170 cm³/mol. The number of nitrogens with one attached hydrogen (secondary N) is 2. The minimum absolute atomic E-state index is 0. The molecule has 0 radical (unpaired) electrons. The van der Waals surface area contributed by atoms with Gasteiger partial charge in [-0.2, -0.15) is 10.1 Å². The number of nitrogens with zero attached hydrogens (tertiary/aromatic N) is 6. The number of fused-ring (bicyclic) bond motifs is 1. The lowest BCUT2D eigenvalue weighted by Gasteiger charge is -2.28. The predicted octanol–water partition coefficient (Wildman–Crippen LogP) is 5.37. The van der Waals surface area contributed by atoms with Crippen molar-refractivity contribution in [2.75, 3.05) is 31.1 Å². The summed E-state index contributed by atoms with van der Waals surface area (Å²) in [6.45, 7) is 13.8. The maximum absolute atomic E-state index is 12.8. The Labute approximate surface area is 257 Å². The number of carbonyl (C=O) groups excluding carboxylic acids is 1. The topological polar surface area (TPSA) is 113 Å². The van der Waals surface area contributed by atoms with Gasteiger partial charge in [0, 0.05) is 66.9 Å². The van der Waals surface area contributed by atoms with E-state index in [1.807, 2.05) is 56.9 Å². The molecular weight excluding hydrogens is 564 g/mol. The van der Waals surface area contributed by atoms with Gasteiger partial charge in [-0.1, -0.05) is 44.1 Å². The minimum atomic E-state index is -0.390. The van der Waals surface area contributed by atoms with Crippen LogP contribution >= 0.6 is 12.4 Å². The highest BCUT2D eigenvalue weighted by Gasteiger charge is 2.25. The highest BCUT2D eigenvalue weighted by molar-refractivity contribution is 5.90. The first-order chi connectivity index (χ1) is 20.2. The van der Waals surface area contributed by atoms with Crippen molar-refractivity contribution in [1.29, 1.82) is 0 Å². The van der Waals surface area contributed by atoms with Gasteiger partial charge >= 0.3 is 11.8 Å². The van der Waals surface area contributed by atoms with Crippen molar-refractivity contribution in [3.05, 3.63) is 83.9 Å². The number of hydrogen-bond donors (Lipinski definition) is 2. The second-order valence-electron chi connectivity index (χ2n) is 11.9. The summed E-state index contributed by atoms with van der Waals surface area (Å²) in [6, 6.07) is 14.5. The average Bonchev–Trinajstić information content (AvgIpc) is 3.68. The quantitative estimate of drug-likeness (QED) is 0.267. The van der Waals surface area contributed by atoms with Crippen LogP contribution in [0.15, 0.2) is 65.6 Å². The van der Waals surface area contributed by atoms with Crippen molar-refractivity contribution in [3.63, 3.8) is 0 Å². The Morgan fingerprint density at radius 2 is 1.81 bits per heavy atom. The van der Waals surface area contributed by atoms with E-state index >= 15 is 0 Å². The standard InChI is InChI=1S/C32H36N8O2.ClH/c1-20-16-22(6-8-25(20)21(2)36-29(41)30-37-31(38-42-30)32(3,4)5)26-17-24(19-40-27(26)10-11-35-40)23-7-9-28(34-18-23)39-14-12-33-13-15-39;/h6-11,16-19,21,33H,12-15H2,1-5H3,(H,36,41);1H/t21-;/m1./s1. The lowest BCUT2D eigenvalue weighted by atomic mass is 9.95. The molecule has 1 amide bonds. The molecule has 11 heteroatoms. The minimum Gasteiger partial charge on any atom is -0.354 e. The molecule has 10 nitrogen and oxygen atoms in total. The highest BCUT2D eigenvalue weighted by atomic mass is 35.5. The summed E-state index contributed by atoms with van der Waals surface area (Å²) < 4.78 is 7.14. The van der Waals surface area contributed by atoms with Crippen LogP contribution in [0.3, 0.4) is 0 Å². The molecule has 224 valence electrons. The molecule has 0 saturated carbocycles. The summed E-state index contributed by atoms with van der Waals surface area (Å²) in [5.41, 5.74) is 7.00. The Kier molecular flexibility index (Phi) is 8.52. The molecule has 1 saturated heterocycles. The molecule has 1 aliphatic heterocycles. The van der Waals surface area contributed by atoms with E-state index in [1.54, 1.807) is 0 Å². The van der Waals surface area contributed by atoms with E-state index in [-0.39, 0.29) is 35.7 Å². The summed E-state index contributed by atoms with van der Waals surface area (Å²) in [6.07, 6.45) is 5.80. The van der Waals surface area contributed by atoms with Gasteiger partial charge in [-0.25, -0.2) is 9.50 Å². The van der Waals surface area contributed by atoms with Gasteiger partial charge in [0.15, 0.2) is 5.82 Å². The van der Waals surface area contributed by atoms with E-state index in [2.05, 4.69) is 74.1 Å². The summed E-state index contributed by atoms with van der Waals surface area (Å²) in [4.78, 5) is 24.2. The van der Waals surface area contributed by atoms with Crippen molar-refractivity contribution in [1.82, 2.24) is 35.4 Å². The summed E-state index contributed by atoms with van der Waals surface area (Å²) in [7, 11) is 0. The van der Waals surface area contributed by atoms with E-state index in [0.29, 0.717) is 5.82 Å². The summed E-state index contributed by atoms with van der Waals surface area (Å²) in [5.74, 6) is 1.08. The number of halogens is 1. The number of anilines is 1. The number of piperazine rings is 1. The van der Waals surface area contributed by atoms with Crippen molar-refractivity contribution < 1.29 is 9.32 Å². The van der Waals surface area contributed by atoms with Gasteiger partial charge in [0.2, 0.25) is 0 Å². The van der Waals surface area contributed by atoms with E-state index in [9.17, 15) is 4.79 Å². The average molecular weight is 601 g/mol. The normalized spacial score (nSPS) is 14.4. The van der Waals surface area contributed by atoms with Gasteiger partial charge in [0.25, 0.3) is 0 Å². The first-order valence-corrected chi connectivity index (χ1v) is 14.3. The number of carbonyl (C=O) groups is 1. The smallest absolute Gasteiger partial charge is 0.315 e. The first kappa shape index (κ1) is 30.2. The molecule has 43 heavy (non-hydrogen) atoms. The molecule has 5 heterocycles. The van der Waals surface area contributed by atoms with Crippen LogP contribution in [0.1, 0.15) is 61.4 Å². The van der Waals surface area contributed by atoms with E-state index < -0.39 is 0 Å². The second kappa shape index (κ2) is 12.1. The molecular formula is C32H37ClN8O2. The number of amides is 1. The summed E-state index contributed by atoms with van der Waals surface area (Å²) >= 11 is 0. The number of benzene rings is 1. The van der Waals surface area contributed by atoms with Crippen molar-refractivity contribution in [2.24, 2.45) is 0 Å². The Morgan fingerprint density at radius 3 is 2.49 bits per heavy atom. The number of aryl methyl sites for hydroxylation is 1. The van der Waals surface area contributed by atoms with E-state index in [0.717, 1.165) is 70.9 Å². The molecule has 1 aliphatic rings. The van der Waals surface area contributed by atoms with Crippen LogP contribution in [0.25, 0.3) is 27.8 Å². The van der Waals surface area contributed by atoms with Gasteiger partial charge in [-0.05, 0) is 54.8 Å². The van der Waals surface area contributed by atoms with Crippen LogP contribution in [0.5, 0.6) is 0 Å². The molecule has 2 N–H and O–H groups in total. The zero-order valence-electron chi connectivity index (χ0n) is 25.1. The molecule has 0 spiro atoms. The third-order valence-electron chi connectivity index (χ3n) is 7.72. The van der Waals surface area contributed by atoms with Gasteiger partial charge in [0.05, 0.1) is 11.6 Å². The van der Waals surface area contributed by atoms with Crippen LogP contribution in [0.4, 0.5) is 5.82 Å². The van der Waals surface area contributed by atoms with Crippen molar-refractivity contribution in [2.45, 2.75) is 46.1 Å². The van der Waals surface area contributed by atoms with Crippen molar-refractivity contribution >= 4 is 29.6 Å². The number of rotatable bonds is 6. The largest absolute Gasteiger partial charge is 0.354 e. The first-order valence-electron chi connectivity index (χ1n) is 14.3. The third-order valence-corrected chi connectivity index (χ3v) is 7.72. The second-order valence-corrected chi connectivity index (χ2v) is 11.9. The van der Waals surface area contributed by atoms with Crippen LogP contribution in [-0.4, -0.2) is 56.8 Å². The van der Waals surface area contributed by atoms with E-state index in [4.69, 9.17) is 9.51 Å². The number of aromatic nitrogens is 5. The van der Waals surface area contributed by atoms with E-state index in [1.165, 1.54) is 0 Å². The molecule has 0 bridgehead atoms. The van der Waals surface area contributed by atoms with Crippen LogP contribution in [0, 0.1) is 6.92 Å². The molecule has 0 aliphatic carbocycles. The van der Waals surface area contributed by atoms with Crippen LogP contribution in [-0.2, 0) is 5.41 Å². The Balaban J connectivity index is 0.00000368. The number of pyridine rings is 2. The zero-order valence-corrected chi connectivity index (χ0v) is 25.9. The SMILES string of the molecule is Cc1cc(-c2cc(-c3ccc(N4CCNCC4)nc3)cn3nccc23)ccc1[C@@H](C)NC(=O)c1nc(C(C)(C)C)no1.Cl. The fourth-order valence-electron chi connectivity index (χ4n) is 5.34. The molecule has 6 rings (SSSR count). The third kappa shape index (κ3) is 6.25. The molecule has 0 unspecified atom stereocenters. The van der Waals surface area contributed by atoms with Gasteiger partial charge in [0.1, 0.15) is 5.82 Å². The van der Waals surface area contributed by atoms with Gasteiger partial charge in [-0.15, -0.1) is 12.4 Å². The lowest BCUT2D eigenvalue weighted by molar-refractivity contribution is 0.0895. The lowest BCUT2D eigenvalue weighted by Crippen LogP contribution is -2.43. The molecule has 4 aromatic heterocycles. The van der Waals surface area contributed by atoms with Gasteiger partial charge in [-0.3, -0.25) is 4.79 Å². The molecule has 5 aromatic rings. The molecule has 1 aromatic carbocycles. The molecule has 1 atom stereocenters. The van der Waals surface area contributed by atoms with Gasteiger partial charge < -0.3 is 20.1 Å². The maximum atomic E-state index is 12.8. The fraction of sp³-hybridized carbons (Fsp3) is 0.344. The monoisotopic (exact) mass is 600 g/mol. The zero-order chi connectivity index (χ0) is 29.4.